The molecule has 108 valence electrons. The molecule has 0 atom stereocenters. The number of aromatic nitrogens is 3. The second kappa shape index (κ2) is 4.71. The van der Waals surface area contributed by atoms with Crippen molar-refractivity contribution >= 4 is 30.8 Å². The number of halogens is 1. The number of fused-ring (bicyclic) bond motifs is 1. The molecule has 0 fully saturated rings. The van der Waals surface area contributed by atoms with Gasteiger partial charge in [0.05, 0.1) is 4.90 Å². The van der Waals surface area contributed by atoms with E-state index in [0.717, 1.165) is 5.56 Å². The summed E-state index contributed by atoms with van der Waals surface area (Å²) in [5.41, 5.74) is 2.23. The summed E-state index contributed by atoms with van der Waals surface area (Å²) in [5.74, 6) is 0.0334. The smallest absolute Gasteiger partial charge is 0.261 e. The summed E-state index contributed by atoms with van der Waals surface area (Å²) >= 11 is 0. The quantitative estimate of drug-likeness (QED) is 0.732. The highest BCUT2D eigenvalue weighted by atomic mass is 35.7. The molecule has 6 nitrogen and oxygen atoms in total. The van der Waals surface area contributed by atoms with Crippen LogP contribution in [0.4, 0.5) is 0 Å². The maximum Gasteiger partial charge on any atom is 0.261 e. The monoisotopic (exact) mass is 323 g/mol. The summed E-state index contributed by atoms with van der Waals surface area (Å²) in [6.45, 7) is 1.88. The van der Waals surface area contributed by atoms with E-state index in [1.54, 1.807) is 18.2 Å². The summed E-state index contributed by atoms with van der Waals surface area (Å²) in [7, 11) is 1.49. The fourth-order valence-corrected chi connectivity index (χ4v) is 2.72. The van der Waals surface area contributed by atoms with Crippen LogP contribution < -0.4 is 0 Å². The van der Waals surface area contributed by atoms with Crippen molar-refractivity contribution in [3.05, 3.63) is 42.0 Å². The van der Waals surface area contributed by atoms with Gasteiger partial charge < -0.3 is 5.11 Å². The van der Waals surface area contributed by atoms with Crippen molar-refractivity contribution in [2.75, 3.05) is 0 Å². The largest absolute Gasteiger partial charge is 0.506 e. The van der Waals surface area contributed by atoms with Crippen LogP contribution >= 0.6 is 10.7 Å². The second-order valence-corrected chi connectivity index (χ2v) is 7.14. The molecule has 1 N–H and O–H groups in total. The molecule has 0 aliphatic heterocycles. The van der Waals surface area contributed by atoms with Crippen molar-refractivity contribution in [1.29, 1.82) is 0 Å². The number of aryl methyl sites for hydroxylation is 1. The molecule has 3 aromatic rings. The first kappa shape index (κ1) is 13.8. The summed E-state index contributed by atoms with van der Waals surface area (Å²) in [6.07, 6.45) is 0. The number of phenolic OH excluding ortho intramolecular Hbond substituents is 1. The van der Waals surface area contributed by atoms with Gasteiger partial charge in [-0.05, 0) is 42.8 Å². The Morgan fingerprint density at radius 3 is 2.52 bits per heavy atom. The normalized spacial score (nSPS) is 11.9. The number of hydrogen-bond acceptors (Lipinski definition) is 5. The van der Waals surface area contributed by atoms with Crippen LogP contribution in [0.25, 0.3) is 16.7 Å². The number of nitrogens with zero attached hydrogens (tertiary/aromatic N) is 3. The van der Waals surface area contributed by atoms with E-state index in [1.807, 2.05) is 6.92 Å². The van der Waals surface area contributed by atoms with E-state index in [-0.39, 0.29) is 10.6 Å². The Labute approximate surface area is 125 Å². The third kappa shape index (κ3) is 2.57. The van der Waals surface area contributed by atoms with Crippen molar-refractivity contribution in [3.63, 3.8) is 0 Å². The predicted molar refractivity (Wildman–Crippen MR) is 78.3 cm³/mol. The Hall–Kier alpha value is -2.12. The summed E-state index contributed by atoms with van der Waals surface area (Å²) in [4.78, 5) is 1.22. The highest BCUT2D eigenvalue weighted by molar-refractivity contribution is 8.13. The average Bonchev–Trinajstić information content (AvgIpc) is 2.83. The van der Waals surface area contributed by atoms with E-state index in [2.05, 4.69) is 10.2 Å². The molecular formula is C13H10ClN3O3S. The topological polar surface area (TPSA) is 85.1 Å². The Morgan fingerprint density at radius 2 is 1.81 bits per heavy atom. The zero-order valence-corrected chi connectivity index (χ0v) is 12.4. The highest BCUT2D eigenvalue weighted by Gasteiger charge is 2.14. The van der Waals surface area contributed by atoms with Crippen LogP contribution in [0, 0.1) is 6.92 Å². The van der Waals surface area contributed by atoms with E-state index in [9.17, 15) is 13.5 Å². The maximum absolute atomic E-state index is 11.3. The van der Waals surface area contributed by atoms with E-state index < -0.39 is 9.05 Å². The van der Waals surface area contributed by atoms with Crippen LogP contribution in [0.2, 0.25) is 0 Å². The van der Waals surface area contributed by atoms with Gasteiger partial charge in [-0.1, -0.05) is 6.07 Å². The lowest BCUT2D eigenvalue weighted by Gasteiger charge is -2.03. The first-order valence-corrected chi connectivity index (χ1v) is 8.27. The minimum Gasteiger partial charge on any atom is -0.506 e. The minimum absolute atomic E-state index is 0.0334. The Morgan fingerprint density at radius 1 is 1.10 bits per heavy atom. The number of aromatic hydroxyl groups is 1. The van der Waals surface area contributed by atoms with Crippen LogP contribution in [0.5, 0.6) is 5.75 Å². The minimum atomic E-state index is -3.82. The molecule has 0 bridgehead atoms. The standard InChI is InChI=1S/C13H10ClN3O3S/c1-8-2-5-13(18)12(6-8)17-15-10-4-3-9(21(14,19)20)7-11(10)16-17/h2-7,18H,1H3. The van der Waals surface area contributed by atoms with Gasteiger partial charge in [-0.2, -0.15) is 0 Å². The number of rotatable bonds is 2. The van der Waals surface area contributed by atoms with Crippen molar-refractivity contribution in [3.8, 4) is 11.4 Å². The fourth-order valence-electron chi connectivity index (χ4n) is 1.95. The lowest BCUT2D eigenvalue weighted by molar-refractivity contribution is 0.467. The van der Waals surface area contributed by atoms with Crippen LogP contribution in [-0.2, 0) is 9.05 Å². The Balaban J connectivity index is 2.20. The van der Waals surface area contributed by atoms with Crippen molar-refractivity contribution < 1.29 is 13.5 Å². The molecule has 0 aliphatic rings. The zero-order valence-electron chi connectivity index (χ0n) is 10.9. The number of hydrogen-bond donors (Lipinski definition) is 1. The van der Waals surface area contributed by atoms with Gasteiger partial charge in [-0.3, -0.25) is 0 Å². The molecule has 0 amide bonds. The van der Waals surface area contributed by atoms with E-state index in [4.69, 9.17) is 10.7 Å². The van der Waals surface area contributed by atoms with Crippen LogP contribution in [-0.4, -0.2) is 28.5 Å². The van der Waals surface area contributed by atoms with E-state index in [0.29, 0.717) is 16.7 Å². The molecule has 2 aromatic carbocycles. The Bertz CT molecular complexity index is 950. The van der Waals surface area contributed by atoms with Crippen molar-refractivity contribution in [2.24, 2.45) is 0 Å². The van der Waals surface area contributed by atoms with Gasteiger partial charge in [-0.15, -0.1) is 15.0 Å². The van der Waals surface area contributed by atoms with Gasteiger partial charge in [-0.25, -0.2) is 8.42 Å². The molecule has 0 aliphatic carbocycles. The highest BCUT2D eigenvalue weighted by Crippen LogP contribution is 2.24. The van der Waals surface area contributed by atoms with Crippen LogP contribution in [0.3, 0.4) is 0 Å². The van der Waals surface area contributed by atoms with Gasteiger partial charge in [0, 0.05) is 10.7 Å². The van der Waals surface area contributed by atoms with Gasteiger partial charge in [0.1, 0.15) is 22.5 Å². The van der Waals surface area contributed by atoms with Gasteiger partial charge in [0.15, 0.2) is 0 Å². The molecule has 1 aromatic heterocycles. The number of phenols is 1. The molecule has 1 heterocycles. The molecule has 8 heteroatoms. The average molecular weight is 324 g/mol. The molecule has 21 heavy (non-hydrogen) atoms. The van der Waals surface area contributed by atoms with Crippen molar-refractivity contribution in [2.45, 2.75) is 11.8 Å². The van der Waals surface area contributed by atoms with Crippen LogP contribution in [0.15, 0.2) is 41.3 Å². The van der Waals surface area contributed by atoms with Crippen molar-refractivity contribution in [1.82, 2.24) is 15.0 Å². The molecule has 0 saturated carbocycles. The summed E-state index contributed by atoms with van der Waals surface area (Å²) in [6, 6.07) is 9.26. The first-order valence-electron chi connectivity index (χ1n) is 5.96. The number of benzene rings is 2. The molecule has 0 spiro atoms. The molecule has 0 saturated heterocycles. The van der Waals surface area contributed by atoms with E-state index >= 15 is 0 Å². The lowest BCUT2D eigenvalue weighted by Crippen LogP contribution is -1.99. The molecule has 3 rings (SSSR count). The van der Waals surface area contributed by atoms with Gasteiger partial charge in [0.2, 0.25) is 0 Å². The Kier molecular flexibility index (Phi) is 3.11. The molecule has 0 unspecified atom stereocenters. The summed E-state index contributed by atoms with van der Waals surface area (Å²) < 4.78 is 22.6. The molecule has 0 radical (unpaired) electrons. The van der Waals surface area contributed by atoms with Crippen LogP contribution in [0.1, 0.15) is 5.56 Å². The third-order valence-electron chi connectivity index (χ3n) is 2.98. The predicted octanol–water partition coefficient (Wildman–Crippen LogP) is 2.36. The first-order chi connectivity index (χ1) is 9.84. The molecular weight excluding hydrogens is 314 g/mol. The van der Waals surface area contributed by atoms with Gasteiger partial charge in [0.25, 0.3) is 9.05 Å². The zero-order chi connectivity index (χ0) is 15.2. The lowest BCUT2D eigenvalue weighted by atomic mass is 10.2. The summed E-state index contributed by atoms with van der Waals surface area (Å²) in [5, 5.41) is 18.3. The third-order valence-corrected chi connectivity index (χ3v) is 4.33. The maximum atomic E-state index is 11.3. The second-order valence-electron chi connectivity index (χ2n) is 4.57. The van der Waals surface area contributed by atoms with E-state index in [1.165, 1.54) is 23.0 Å². The SMILES string of the molecule is Cc1ccc(O)c(-n2nc3ccc(S(=O)(=O)Cl)cc3n2)c1. The van der Waals surface area contributed by atoms with Gasteiger partial charge >= 0.3 is 0 Å². The fraction of sp³-hybridized carbons (Fsp3) is 0.0769.